The van der Waals surface area contributed by atoms with Crippen molar-refractivity contribution in [1.29, 1.82) is 0 Å². The van der Waals surface area contributed by atoms with E-state index >= 15 is 0 Å². The first-order valence-electron chi connectivity index (χ1n) is 17.0. The van der Waals surface area contributed by atoms with Crippen LogP contribution in [0.25, 0.3) is 0 Å². The topological polar surface area (TPSA) is 109 Å². The van der Waals surface area contributed by atoms with Crippen LogP contribution in [-0.2, 0) is 26.5 Å². The minimum absolute atomic E-state index is 0.0720. The molecule has 2 aromatic rings. The van der Waals surface area contributed by atoms with Gasteiger partial charge in [-0.2, -0.15) is 13.2 Å². The molecule has 2 spiro atoms. The maximum Gasteiger partial charge on any atom is 0.411 e. The van der Waals surface area contributed by atoms with Gasteiger partial charge in [-0.05, 0) is 111 Å². The maximum atomic E-state index is 14.1. The van der Waals surface area contributed by atoms with Crippen LogP contribution in [0.4, 0.5) is 23.7 Å². The molecule has 7 rings (SSSR count). The number of allylic oxidation sites excluding steroid dienone is 1. The predicted molar refractivity (Wildman–Crippen MR) is 185 cm³/mol. The number of halogens is 4. The number of urea groups is 1. The number of rotatable bonds is 3. The molecule has 2 bridgehead atoms. The number of alkyl halides is 3. The number of hydrogen-bond acceptors (Lipinski definition) is 6. The molecule has 2 aliphatic heterocycles. The fourth-order valence-electron chi connectivity index (χ4n) is 8.29. The highest BCUT2D eigenvalue weighted by Crippen LogP contribution is 2.81. The number of hydrogen-bond donors (Lipinski definition) is 2. The number of aryl methyl sites for hydroxylation is 1. The molecular formula is C36H42ClF3N4O5S. The molecule has 2 fully saturated rings. The lowest BCUT2D eigenvalue weighted by Crippen LogP contribution is -2.57. The Bertz CT molecular complexity index is 1880. The number of ether oxygens (including phenoxy) is 2. The van der Waals surface area contributed by atoms with Gasteiger partial charge in [-0.25, -0.2) is 9.00 Å². The number of benzene rings is 2. The second-order valence-corrected chi connectivity index (χ2v) is 17.5. The third-order valence-corrected chi connectivity index (χ3v) is 13.3. The Morgan fingerprint density at radius 3 is 2.70 bits per heavy atom. The van der Waals surface area contributed by atoms with Crippen LogP contribution >= 0.6 is 11.6 Å². The fourth-order valence-corrected chi connectivity index (χ4v) is 10.00. The summed E-state index contributed by atoms with van der Waals surface area (Å²) in [5.41, 5.74) is 0.410. The lowest BCUT2D eigenvalue weighted by molar-refractivity contribution is -0.182. The van der Waals surface area contributed by atoms with E-state index in [0.717, 1.165) is 51.8 Å². The van der Waals surface area contributed by atoms with Gasteiger partial charge in [0.1, 0.15) is 21.2 Å². The van der Waals surface area contributed by atoms with Crippen LogP contribution in [0, 0.1) is 17.3 Å². The van der Waals surface area contributed by atoms with Crippen LogP contribution < -0.4 is 19.7 Å². The zero-order chi connectivity index (χ0) is 35.7. The van der Waals surface area contributed by atoms with Crippen LogP contribution in [0.15, 0.2) is 52.9 Å². The van der Waals surface area contributed by atoms with E-state index in [1.165, 1.54) is 11.1 Å². The van der Waals surface area contributed by atoms with Crippen LogP contribution in [-0.4, -0.2) is 66.5 Å². The average molecular weight is 735 g/mol. The third-order valence-electron chi connectivity index (χ3n) is 11.3. The summed E-state index contributed by atoms with van der Waals surface area (Å²) in [4.78, 5) is 28.8. The molecule has 0 aromatic heterocycles. The van der Waals surface area contributed by atoms with E-state index < -0.39 is 33.6 Å². The Morgan fingerprint density at radius 1 is 1.16 bits per heavy atom. The lowest BCUT2D eigenvalue weighted by atomic mass is 9.70. The molecule has 2 heterocycles. The van der Waals surface area contributed by atoms with E-state index in [9.17, 15) is 27.0 Å². The predicted octanol–water partition coefficient (Wildman–Crippen LogP) is 6.98. The largest absolute Gasteiger partial charge is 0.490 e. The number of anilines is 1. The first-order valence-corrected chi connectivity index (χ1v) is 19.1. The van der Waals surface area contributed by atoms with Crippen LogP contribution in [0.5, 0.6) is 5.75 Å². The highest BCUT2D eigenvalue weighted by atomic mass is 35.5. The Kier molecular flexibility index (Phi) is 8.74. The van der Waals surface area contributed by atoms with Gasteiger partial charge < -0.3 is 19.7 Å². The van der Waals surface area contributed by atoms with Crippen molar-refractivity contribution in [2.45, 2.75) is 75.6 Å². The number of carbonyl (C=O) groups is 2. The summed E-state index contributed by atoms with van der Waals surface area (Å²) in [6, 6.07) is 9.71. The Hall–Kier alpha value is -3.29. The van der Waals surface area contributed by atoms with Crippen molar-refractivity contribution < 1.29 is 36.4 Å². The molecule has 270 valence electrons. The highest BCUT2D eigenvalue weighted by Gasteiger charge is 2.80. The van der Waals surface area contributed by atoms with E-state index in [2.05, 4.69) is 20.1 Å². The molecule has 9 nitrogen and oxygen atoms in total. The molecule has 6 atom stereocenters. The minimum Gasteiger partial charge on any atom is -0.490 e. The number of nitrogens with zero attached hydrogens (tertiary/aromatic N) is 2. The Labute approximate surface area is 295 Å². The quantitative estimate of drug-likeness (QED) is 0.330. The normalized spacial score (nSPS) is 32.7. The van der Waals surface area contributed by atoms with Crippen molar-refractivity contribution in [3.63, 3.8) is 0 Å². The monoisotopic (exact) mass is 734 g/mol. The van der Waals surface area contributed by atoms with Crippen molar-refractivity contribution >= 4 is 39.1 Å². The van der Waals surface area contributed by atoms with Gasteiger partial charge in [0.25, 0.3) is 5.91 Å². The summed E-state index contributed by atoms with van der Waals surface area (Å²) in [5.74, 6) is 0.351. The van der Waals surface area contributed by atoms with Crippen molar-refractivity contribution in [3.8, 4) is 5.75 Å². The van der Waals surface area contributed by atoms with Gasteiger partial charge in [0.15, 0.2) is 0 Å². The molecule has 0 radical (unpaired) electrons. The first-order chi connectivity index (χ1) is 23.6. The fraction of sp³-hybridized carbons (Fsp3) is 0.556. The summed E-state index contributed by atoms with van der Waals surface area (Å²) in [5, 5.41) is 2.52. The van der Waals surface area contributed by atoms with Crippen molar-refractivity contribution in [2.75, 3.05) is 37.5 Å². The van der Waals surface area contributed by atoms with Crippen molar-refractivity contribution in [3.05, 3.63) is 70.3 Å². The summed E-state index contributed by atoms with van der Waals surface area (Å²) in [6.07, 6.45) is 3.66. The van der Waals surface area contributed by atoms with Crippen molar-refractivity contribution in [1.82, 2.24) is 10.0 Å². The van der Waals surface area contributed by atoms with Gasteiger partial charge in [-0.1, -0.05) is 29.8 Å². The van der Waals surface area contributed by atoms with E-state index in [1.807, 2.05) is 29.6 Å². The van der Waals surface area contributed by atoms with Crippen molar-refractivity contribution in [2.24, 2.45) is 21.6 Å². The van der Waals surface area contributed by atoms with Crippen LogP contribution in [0.2, 0.25) is 5.02 Å². The molecule has 2 saturated carbocycles. The average Bonchev–Trinajstić information content (AvgIpc) is 3.91. The van der Waals surface area contributed by atoms with E-state index in [0.29, 0.717) is 42.2 Å². The molecule has 1 unspecified atom stereocenters. The second kappa shape index (κ2) is 12.4. The van der Waals surface area contributed by atoms with Gasteiger partial charge in [-0.3, -0.25) is 9.52 Å². The van der Waals surface area contributed by atoms with Gasteiger partial charge in [-0.15, -0.1) is 4.36 Å². The Morgan fingerprint density at radius 2 is 1.96 bits per heavy atom. The number of amides is 3. The summed E-state index contributed by atoms with van der Waals surface area (Å²) < 4.78 is 73.2. The van der Waals surface area contributed by atoms with Gasteiger partial charge >= 0.3 is 12.2 Å². The van der Waals surface area contributed by atoms with Gasteiger partial charge in [0.2, 0.25) is 0 Å². The third kappa shape index (κ3) is 6.38. The van der Waals surface area contributed by atoms with E-state index in [4.69, 9.17) is 21.1 Å². The molecule has 50 heavy (non-hydrogen) atoms. The summed E-state index contributed by atoms with van der Waals surface area (Å²) >= 11 is 6.41. The molecule has 2 aromatic carbocycles. The molecule has 14 heteroatoms. The second-order valence-electron chi connectivity index (χ2n) is 15.0. The Balaban J connectivity index is 1.27. The molecule has 0 saturated heterocycles. The van der Waals surface area contributed by atoms with E-state index in [1.54, 1.807) is 25.3 Å². The minimum atomic E-state index is -4.77. The van der Waals surface area contributed by atoms with Gasteiger partial charge in [0.05, 0.1) is 24.2 Å². The molecule has 2 N–H and O–H groups in total. The molecule has 5 aliphatic rings. The van der Waals surface area contributed by atoms with Crippen LogP contribution in [0.1, 0.15) is 67.4 Å². The summed E-state index contributed by atoms with van der Waals surface area (Å²) in [6.45, 7) is 3.40. The first kappa shape index (κ1) is 35.1. The molecule has 3 aliphatic carbocycles. The maximum absolute atomic E-state index is 14.1. The lowest BCUT2D eigenvalue weighted by Gasteiger charge is -2.41. The zero-order valence-electron chi connectivity index (χ0n) is 28.3. The standard InChI is InChI=1S/C36H42ClF3N4O5S/c1-33(2,36(38,39)40)41-32(46)43-50(47)15-6-4-5-9-29(48-3)30-26-18-35(26,30)20-44-19-34(14-7-8-22-16-24(37)11-12-25(22)34)21-49-28-13-10-23(17-27(28)44)31(45)42-50/h5,9-13,16-17,26,29-30H,4,6-8,14-15,18-21H2,1-3H3,(H2,41,42,43,45,46,47)/b9-5+/t26?,29-,30-,34-,35-,50-/m0/s1. The number of nitrogens with one attached hydrogen (secondary N) is 2. The zero-order valence-corrected chi connectivity index (χ0v) is 29.9. The number of methoxy groups -OCH3 is 1. The summed E-state index contributed by atoms with van der Waals surface area (Å²) in [7, 11) is -2.14. The smallest absolute Gasteiger partial charge is 0.411 e. The molecule has 3 amide bonds. The van der Waals surface area contributed by atoms with Gasteiger partial charge in [0, 0.05) is 36.2 Å². The molecular weight excluding hydrogens is 693 g/mol. The number of fused-ring (bicyclic) bond motifs is 4. The van der Waals surface area contributed by atoms with E-state index in [-0.39, 0.29) is 34.7 Å². The highest BCUT2D eigenvalue weighted by molar-refractivity contribution is 7.92. The number of carbonyl (C=O) groups excluding carboxylic acids is 2. The SMILES string of the molecule is CO[C@H]1/C=C/CCC[S@@](=O)(NC(=O)NC(C)(C)C(F)(F)F)=NC(=O)c2ccc3c(c2)N(C[C@@]2(CCCc4cc(Cl)ccc42)CO3)C[C@@]23CC2[C@@H]13. The van der Waals surface area contributed by atoms with Crippen LogP contribution in [0.3, 0.4) is 0 Å².